The Morgan fingerprint density at radius 3 is 2.95 bits per heavy atom. The smallest absolute Gasteiger partial charge is 0.195 e. The van der Waals surface area contributed by atoms with Crippen LogP contribution in [0, 0.1) is 12.7 Å². The van der Waals surface area contributed by atoms with E-state index in [2.05, 4.69) is 14.7 Å². The van der Waals surface area contributed by atoms with Gasteiger partial charge in [-0.15, -0.1) is 0 Å². The highest BCUT2D eigenvalue weighted by Gasteiger charge is 2.18. The van der Waals surface area contributed by atoms with Crippen LogP contribution < -0.4 is 4.72 Å². The fraction of sp³-hybridized carbons (Fsp3) is 0.125. The molecule has 3 aromatic rings. The standard InChI is InChI=1S/C16H14FN3OS/c1-9-11(4-3-5-14(9)20-22-2)15(21)13-8-19-16-12(13)6-10(17)7-18-16/h3-8,20H,1-2H3,(H,18,19). The molecule has 1 aromatic carbocycles. The summed E-state index contributed by atoms with van der Waals surface area (Å²) < 4.78 is 16.6. The molecular weight excluding hydrogens is 301 g/mol. The van der Waals surface area contributed by atoms with Crippen LogP contribution in [0.1, 0.15) is 21.5 Å². The van der Waals surface area contributed by atoms with Crippen molar-refractivity contribution in [1.82, 2.24) is 9.97 Å². The van der Waals surface area contributed by atoms with Gasteiger partial charge in [-0.2, -0.15) is 0 Å². The molecule has 0 saturated carbocycles. The van der Waals surface area contributed by atoms with Gasteiger partial charge in [-0.3, -0.25) is 4.79 Å². The molecule has 0 aliphatic heterocycles. The van der Waals surface area contributed by atoms with Crippen molar-refractivity contribution in [1.29, 1.82) is 0 Å². The molecule has 112 valence electrons. The fourth-order valence-corrected chi connectivity index (χ4v) is 2.85. The third-order valence-electron chi connectivity index (χ3n) is 3.53. The number of hydrogen-bond acceptors (Lipinski definition) is 4. The summed E-state index contributed by atoms with van der Waals surface area (Å²) in [7, 11) is 0. The van der Waals surface area contributed by atoms with Gasteiger partial charge in [0, 0.05) is 34.7 Å². The summed E-state index contributed by atoms with van der Waals surface area (Å²) in [5, 5.41) is 0.493. The quantitative estimate of drug-likeness (QED) is 0.566. The van der Waals surface area contributed by atoms with Crippen LogP contribution in [-0.2, 0) is 0 Å². The molecule has 22 heavy (non-hydrogen) atoms. The van der Waals surface area contributed by atoms with Crippen LogP contribution in [0.25, 0.3) is 11.0 Å². The molecule has 0 saturated heterocycles. The van der Waals surface area contributed by atoms with Gasteiger partial charge in [0.1, 0.15) is 11.5 Å². The summed E-state index contributed by atoms with van der Waals surface area (Å²) in [6.45, 7) is 1.89. The van der Waals surface area contributed by atoms with E-state index in [1.54, 1.807) is 12.3 Å². The second-order valence-electron chi connectivity index (χ2n) is 4.87. The zero-order chi connectivity index (χ0) is 15.7. The van der Waals surface area contributed by atoms with Crippen molar-refractivity contribution in [3.05, 3.63) is 59.2 Å². The van der Waals surface area contributed by atoms with Crippen LogP contribution in [-0.4, -0.2) is 22.0 Å². The first-order valence-electron chi connectivity index (χ1n) is 6.67. The number of halogens is 1. The molecule has 0 radical (unpaired) electrons. The first kappa shape index (κ1) is 14.6. The largest absolute Gasteiger partial charge is 0.345 e. The number of benzene rings is 1. The number of nitrogens with one attached hydrogen (secondary N) is 2. The van der Waals surface area contributed by atoms with Gasteiger partial charge < -0.3 is 9.71 Å². The van der Waals surface area contributed by atoms with Gasteiger partial charge in [0.2, 0.25) is 0 Å². The molecule has 6 heteroatoms. The average Bonchev–Trinajstić information content (AvgIpc) is 2.92. The molecule has 0 atom stereocenters. The van der Waals surface area contributed by atoms with Crippen LogP contribution in [0.4, 0.5) is 10.1 Å². The zero-order valence-corrected chi connectivity index (χ0v) is 12.9. The van der Waals surface area contributed by atoms with Crippen molar-refractivity contribution in [3.8, 4) is 0 Å². The number of nitrogens with zero attached hydrogens (tertiary/aromatic N) is 1. The molecule has 0 unspecified atom stereocenters. The van der Waals surface area contributed by atoms with Gasteiger partial charge >= 0.3 is 0 Å². The highest BCUT2D eigenvalue weighted by atomic mass is 32.2. The van der Waals surface area contributed by atoms with Crippen LogP contribution in [0.2, 0.25) is 0 Å². The number of aromatic amines is 1. The zero-order valence-electron chi connectivity index (χ0n) is 12.1. The SMILES string of the molecule is CSNc1cccc(C(=O)c2c[nH]c3ncc(F)cc23)c1C. The molecule has 2 heterocycles. The molecule has 3 rings (SSSR count). The summed E-state index contributed by atoms with van der Waals surface area (Å²) in [4.78, 5) is 19.7. The fourth-order valence-electron chi connectivity index (χ4n) is 2.41. The number of carbonyl (C=O) groups excluding carboxylic acids is 1. The van der Waals surface area contributed by atoms with Crippen LogP contribution >= 0.6 is 11.9 Å². The van der Waals surface area contributed by atoms with E-state index >= 15 is 0 Å². The first-order chi connectivity index (χ1) is 10.6. The summed E-state index contributed by atoms with van der Waals surface area (Å²) >= 11 is 1.46. The number of H-pyrrole nitrogens is 1. The van der Waals surface area contributed by atoms with Crippen LogP contribution in [0.3, 0.4) is 0 Å². The number of rotatable bonds is 4. The monoisotopic (exact) mass is 315 g/mol. The summed E-state index contributed by atoms with van der Waals surface area (Å²) in [6, 6.07) is 6.84. The van der Waals surface area contributed by atoms with Gasteiger partial charge in [-0.05, 0) is 24.6 Å². The molecule has 2 N–H and O–H groups in total. The normalized spacial score (nSPS) is 10.9. The maximum atomic E-state index is 13.4. The van der Waals surface area contributed by atoms with Crippen molar-refractivity contribution in [2.45, 2.75) is 6.92 Å². The lowest BCUT2D eigenvalue weighted by atomic mass is 9.98. The maximum Gasteiger partial charge on any atom is 0.195 e. The van der Waals surface area contributed by atoms with E-state index in [1.807, 2.05) is 25.3 Å². The second kappa shape index (κ2) is 5.81. The van der Waals surface area contributed by atoms with Gasteiger partial charge in [0.15, 0.2) is 5.78 Å². The third-order valence-corrected chi connectivity index (χ3v) is 3.96. The van der Waals surface area contributed by atoms with Crippen molar-refractivity contribution in [2.24, 2.45) is 0 Å². The van der Waals surface area contributed by atoms with E-state index in [0.717, 1.165) is 17.4 Å². The molecule has 4 nitrogen and oxygen atoms in total. The van der Waals surface area contributed by atoms with E-state index < -0.39 is 5.82 Å². The second-order valence-corrected chi connectivity index (χ2v) is 5.48. The minimum Gasteiger partial charge on any atom is -0.345 e. The molecule has 0 amide bonds. The first-order valence-corrected chi connectivity index (χ1v) is 7.90. The number of carbonyl (C=O) groups is 1. The van der Waals surface area contributed by atoms with E-state index in [9.17, 15) is 9.18 Å². The van der Waals surface area contributed by atoms with E-state index in [0.29, 0.717) is 22.2 Å². The Morgan fingerprint density at radius 1 is 1.36 bits per heavy atom. The topological polar surface area (TPSA) is 57.8 Å². The number of pyridine rings is 1. The van der Waals surface area contributed by atoms with Crippen molar-refractivity contribution in [3.63, 3.8) is 0 Å². The molecule has 0 fully saturated rings. The predicted molar refractivity (Wildman–Crippen MR) is 87.8 cm³/mol. The Hall–Kier alpha value is -2.34. The molecule has 0 aliphatic carbocycles. The highest BCUT2D eigenvalue weighted by molar-refractivity contribution is 7.99. The summed E-state index contributed by atoms with van der Waals surface area (Å²) in [5.41, 5.74) is 3.26. The summed E-state index contributed by atoms with van der Waals surface area (Å²) in [6.07, 6.45) is 4.62. The minimum absolute atomic E-state index is 0.152. The van der Waals surface area contributed by atoms with E-state index in [4.69, 9.17) is 0 Å². The highest BCUT2D eigenvalue weighted by Crippen LogP contribution is 2.26. The third kappa shape index (κ3) is 2.46. The van der Waals surface area contributed by atoms with Gasteiger partial charge in [0.25, 0.3) is 0 Å². The maximum absolute atomic E-state index is 13.4. The van der Waals surface area contributed by atoms with Crippen LogP contribution in [0.5, 0.6) is 0 Å². The Kier molecular flexibility index (Phi) is 3.85. The number of hydrogen-bond donors (Lipinski definition) is 2. The lowest BCUT2D eigenvalue weighted by Gasteiger charge is -2.10. The predicted octanol–water partition coefficient (Wildman–Crippen LogP) is 3.93. The van der Waals surface area contributed by atoms with Gasteiger partial charge in [-0.1, -0.05) is 24.1 Å². The van der Waals surface area contributed by atoms with Gasteiger partial charge in [-0.25, -0.2) is 9.37 Å². The number of aromatic nitrogens is 2. The van der Waals surface area contributed by atoms with E-state index in [1.165, 1.54) is 18.0 Å². The summed E-state index contributed by atoms with van der Waals surface area (Å²) in [5.74, 6) is -0.614. The molecule has 2 aromatic heterocycles. The number of ketones is 1. The lowest BCUT2D eigenvalue weighted by Crippen LogP contribution is -2.05. The molecule has 0 aliphatic rings. The Labute approximate surface area is 131 Å². The molecule has 0 bridgehead atoms. The Morgan fingerprint density at radius 2 is 2.18 bits per heavy atom. The number of anilines is 1. The van der Waals surface area contributed by atoms with Gasteiger partial charge in [0.05, 0.1) is 6.20 Å². The van der Waals surface area contributed by atoms with Crippen molar-refractivity contribution >= 4 is 34.5 Å². The van der Waals surface area contributed by atoms with E-state index in [-0.39, 0.29) is 5.78 Å². The average molecular weight is 315 g/mol. The van der Waals surface area contributed by atoms with Crippen molar-refractivity contribution < 1.29 is 9.18 Å². The molecular formula is C16H14FN3OS. The number of fused-ring (bicyclic) bond motifs is 1. The minimum atomic E-state index is -0.462. The molecule has 0 spiro atoms. The van der Waals surface area contributed by atoms with Crippen molar-refractivity contribution in [2.75, 3.05) is 11.0 Å². The lowest BCUT2D eigenvalue weighted by molar-refractivity contribution is 0.104. The van der Waals surface area contributed by atoms with Crippen LogP contribution in [0.15, 0.2) is 36.7 Å². The Bertz CT molecular complexity index is 860. The Balaban J connectivity index is 2.10.